The molecule has 1 aromatic heterocycles. The normalized spacial score (nSPS) is 15.2. The summed E-state index contributed by atoms with van der Waals surface area (Å²) in [6.07, 6.45) is 3.81. The molecule has 0 saturated carbocycles. The third kappa shape index (κ3) is 4.78. The largest absolute Gasteiger partial charge is 0.368 e. The van der Waals surface area contributed by atoms with E-state index in [1.165, 1.54) is 28.6 Å². The lowest BCUT2D eigenvalue weighted by molar-refractivity contribution is -0.117. The van der Waals surface area contributed by atoms with Gasteiger partial charge in [0.2, 0.25) is 15.9 Å². The lowest BCUT2D eigenvalue weighted by atomic mass is 10.2. The number of carbonyl (C=O) groups excluding carboxylic acids is 1. The molecule has 0 bridgehead atoms. The van der Waals surface area contributed by atoms with E-state index >= 15 is 0 Å². The number of amides is 1. The summed E-state index contributed by atoms with van der Waals surface area (Å²) >= 11 is 0. The first-order valence-electron chi connectivity index (χ1n) is 10.4. The van der Waals surface area contributed by atoms with Gasteiger partial charge in [0.15, 0.2) is 0 Å². The van der Waals surface area contributed by atoms with Gasteiger partial charge in [0.1, 0.15) is 6.54 Å². The van der Waals surface area contributed by atoms with Gasteiger partial charge in [0.05, 0.1) is 10.6 Å². The van der Waals surface area contributed by atoms with Gasteiger partial charge in [-0.05, 0) is 59.7 Å². The van der Waals surface area contributed by atoms with E-state index in [0.29, 0.717) is 24.5 Å². The summed E-state index contributed by atoms with van der Waals surface area (Å²) in [5, 5.41) is 10.2. The summed E-state index contributed by atoms with van der Waals surface area (Å²) in [7, 11) is -3.55. The lowest BCUT2D eigenvalue weighted by Crippen LogP contribution is -2.32. The van der Waals surface area contributed by atoms with Crippen molar-refractivity contribution < 1.29 is 13.2 Å². The Morgan fingerprint density at radius 1 is 0.906 bits per heavy atom. The number of benzene rings is 2. The molecule has 32 heavy (non-hydrogen) atoms. The summed E-state index contributed by atoms with van der Waals surface area (Å²) < 4.78 is 29.3. The highest BCUT2D eigenvalue weighted by atomic mass is 32.2. The smallest absolute Gasteiger partial charge is 0.324 e. The van der Waals surface area contributed by atoms with E-state index in [9.17, 15) is 18.0 Å². The minimum absolute atomic E-state index is 0.194. The number of carbonyl (C=O) groups is 1. The van der Waals surface area contributed by atoms with Crippen LogP contribution in [0.25, 0.3) is 5.69 Å². The second-order valence-corrected chi connectivity index (χ2v) is 9.50. The molecule has 1 amide bonds. The van der Waals surface area contributed by atoms with Gasteiger partial charge in [-0.25, -0.2) is 13.2 Å². The fraction of sp³-hybridized carbons (Fsp3) is 0.333. The highest BCUT2D eigenvalue weighted by Gasteiger charge is 2.25. The number of hydrogen-bond donors (Lipinski definition) is 1. The maximum absolute atomic E-state index is 12.9. The molecule has 0 radical (unpaired) electrons. The maximum Gasteiger partial charge on any atom is 0.368 e. The van der Waals surface area contributed by atoms with Crippen molar-refractivity contribution in [3.8, 4) is 5.69 Å². The van der Waals surface area contributed by atoms with Crippen molar-refractivity contribution in [2.24, 2.45) is 0 Å². The molecule has 1 N–H and O–H groups in total. The number of sulfonamides is 1. The molecule has 4 rings (SSSR count). The van der Waals surface area contributed by atoms with E-state index in [-0.39, 0.29) is 11.4 Å². The van der Waals surface area contributed by atoms with Gasteiger partial charge in [-0.3, -0.25) is 4.79 Å². The van der Waals surface area contributed by atoms with Crippen molar-refractivity contribution in [1.29, 1.82) is 0 Å². The Balaban J connectivity index is 1.41. The molecular formula is C21H24N6O4S. The van der Waals surface area contributed by atoms with Crippen LogP contribution in [0.1, 0.15) is 25.7 Å². The topological polar surface area (TPSA) is 119 Å². The third-order valence-corrected chi connectivity index (χ3v) is 7.19. The van der Waals surface area contributed by atoms with Crippen LogP contribution in [0, 0.1) is 0 Å². The van der Waals surface area contributed by atoms with Gasteiger partial charge < -0.3 is 5.32 Å². The monoisotopic (exact) mass is 456 g/mol. The standard InChI is InChI=1S/C21H24N6O4S/c28-20(16-26-21(29)27(24-23-26)18-8-4-3-5-9-18)22-17-10-12-19(13-11-17)32(30,31)25-14-6-1-2-7-15-25/h3-5,8-13H,1-2,6-7,14-16H2,(H,22,28). The minimum Gasteiger partial charge on any atom is -0.324 e. The van der Waals surface area contributed by atoms with Crippen molar-refractivity contribution >= 4 is 21.6 Å². The SMILES string of the molecule is O=C(Cn1nnn(-c2ccccc2)c1=O)Nc1ccc(S(=O)(=O)N2CCCCCC2)cc1. The van der Waals surface area contributed by atoms with Crippen LogP contribution >= 0.6 is 0 Å². The maximum atomic E-state index is 12.9. The summed E-state index contributed by atoms with van der Waals surface area (Å²) in [4.78, 5) is 25.0. The molecule has 168 valence electrons. The third-order valence-electron chi connectivity index (χ3n) is 5.27. The Kier molecular flexibility index (Phi) is 6.47. The number of nitrogens with one attached hydrogen (secondary N) is 1. The molecule has 0 unspecified atom stereocenters. The highest BCUT2D eigenvalue weighted by molar-refractivity contribution is 7.89. The molecule has 1 aliphatic heterocycles. The van der Waals surface area contributed by atoms with Crippen LogP contribution in [0.3, 0.4) is 0 Å². The van der Waals surface area contributed by atoms with Gasteiger partial charge in [-0.15, -0.1) is 0 Å². The van der Waals surface area contributed by atoms with Gasteiger partial charge in [0.25, 0.3) is 0 Å². The predicted molar refractivity (Wildman–Crippen MR) is 118 cm³/mol. The summed E-state index contributed by atoms with van der Waals surface area (Å²) in [5.41, 5.74) is 0.434. The zero-order valence-corrected chi connectivity index (χ0v) is 18.2. The Morgan fingerprint density at radius 2 is 1.56 bits per heavy atom. The Labute approximate surface area is 185 Å². The van der Waals surface area contributed by atoms with Crippen molar-refractivity contribution in [3.05, 3.63) is 65.1 Å². The molecule has 2 heterocycles. The van der Waals surface area contributed by atoms with E-state index in [1.807, 2.05) is 6.07 Å². The molecule has 1 aliphatic rings. The number of anilines is 1. The first kappa shape index (κ1) is 21.9. The zero-order valence-electron chi connectivity index (χ0n) is 17.4. The van der Waals surface area contributed by atoms with Gasteiger partial charge >= 0.3 is 5.69 Å². The van der Waals surface area contributed by atoms with Crippen molar-refractivity contribution in [2.45, 2.75) is 37.1 Å². The number of aromatic nitrogens is 4. The van der Waals surface area contributed by atoms with Crippen LogP contribution in [-0.4, -0.2) is 51.5 Å². The molecule has 1 saturated heterocycles. The van der Waals surface area contributed by atoms with Crippen LogP contribution in [0.2, 0.25) is 0 Å². The van der Waals surface area contributed by atoms with Crippen molar-refractivity contribution in [2.75, 3.05) is 18.4 Å². The van der Waals surface area contributed by atoms with Crippen molar-refractivity contribution in [3.63, 3.8) is 0 Å². The molecule has 11 heteroatoms. The Hall–Kier alpha value is -3.31. The molecule has 0 atom stereocenters. The van der Waals surface area contributed by atoms with Crippen LogP contribution in [0.4, 0.5) is 5.69 Å². The van der Waals surface area contributed by atoms with Crippen LogP contribution in [-0.2, 0) is 21.4 Å². The summed E-state index contributed by atoms with van der Waals surface area (Å²) in [5.74, 6) is -0.477. The molecular weight excluding hydrogens is 432 g/mol. The van der Waals surface area contributed by atoms with E-state index < -0.39 is 21.6 Å². The summed E-state index contributed by atoms with van der Waals surface area (Å²) in [6.45, 7) is 0.734. The van der Waals surface area contributed by atoms with E-state index in [1.54, 1.807) is 24.3 Å². The Morgan fingerprint density at radius 3 is 2.22 bits per heavy atom. The number of nitrogens with zero attached hydrogens (tertiary/aromatic N) is 5. The fourth-order valence-corrected chi connectivity index (χ4v) is 5.10. The molecule has 1 fully saturated rings. The van der Waals surface area contributed by atoms with Gasteiger partial charge in [-0.1, -0.05) is 31.0 Å². The second kappa shape index (κ2) is 9.45. The van der Waals surface area contributed by atoms with Gasteiger partial charge in [0, 0.05) is 18.8 Å². The Bertz CT molecular complexity index is 1230. The van der Waals surface area contributed by atoms with Crippen LogP contribution in [0.5, 0.6) is 0 Å². The number of rotatable bonds is 6. The zero-order chi connectivity index (χ0) is 22.6. The summed E-state index contributed by atoms with van der Waals surface area (Å²) in [6, 6.07) is 14.8. The minimum atomic E-state index is -3.55. The van der Waals surface area contributed by atoms with E-state index in [4.69, 9.17) is 0 Å². The highest BCUT2D eigenvalue weighted by Crippen LogP contribution is 2.21. The number of hydrogen-bond acceptors (Lipinski definition) is 6. The van der Waals surface area contributed by atoms with Gasteiger partial charge in [-0.2, -0.15) is 13.7 Å². The van der Waals surface area contributed by atoms with E-state index in [2.05, 4.69) is 15.7 Å². The predicted octanol–water partition coefficient (Wildman–Crippen LogP) is 1.63. The first-order valence-corrected chi connectivity index (χ1v) is 11.9. The number of tetrazole rings is 1. The average Bonchev–Trinajstić information content (AvgIpc) is 2.98. The molecule has 0 aliphatic carbocycles. The van der Waals surface area contributed by atoms with Crippen LogP contribution < -0.4 is 11.0 Å². The molecule has 10 nitrogen and oxygen atoms in total. The lowest BCUT2D eigenvalue weighted by Gasteiger charge is -2.20. The van der Waals surface area contributed by atoms with Crippen molar-refractivity contribution in [1.82, 2.24) is 24.1 Å². The average molecular weight is 457 g/mol. The molecule has 0 spiro atoms. The van der Waals surface area contributed by atoms with E-state index in [0.717, 1.165) is 35.0 Å². The molecule has 2 aromatic carbocycles. The fourth-order valence-electron chi connectivity index (χ4n) is 3.58. The number of para-hydroxylation sites is 1. The first-order chi connectivity index (χ1) is 15.4. The second-order valence-electron chi connectivity index (χ2n) is 7.56. The molecule has 3 aromatic rings. The van der Waals surface area contributed by atoms with Crippen LogP contribution in [0.15, 0.2) is 64.3 Å². The quantitative estimate of drug-likeness (QED) is 0.602.